The molecule has 1 rings (SSSR count). The summed E-state index contributed by atoms with van der Waals surface area (Å²) >= 11 is 5.53. The lowest BCUT2D eigenvalue weighted by molar-refractivity contribution is 0.270. The highest BCUT2D eigenvalue weighted by Gasteiger charge is 2.12. The molecule has 0 aliphatic carbocycles. The molecular weight excluding hydrogens is 370 g/mol. The second kappa shape index (κ2) is 5.60. The van der Waals surface area contributed by atoms with Crippen LogP contribution in [0, 0.1) is 0 Å². The van der Waals surface area contributed by atoms with E-state index in [1.807, 2.05) is 0 Å². The molecule has 0 aliphatic heterocycles. The van der Waals surface area contributed by atoms with Gasteiger partial charge in [-0.3, -0.25) is 4.68 Å². The van der Waals surface area contributed by atoms with Gasteiger partial charge in [0.05, 0.1) is 29.8 Å². The third-order valence-corrected chi connectivity index (χ3v) is 3.68. The van der Waals surface area contributed by atoms with Gasteiger partial charge in [-0.25, -0.2) is 0 Å². The Kier molecular flexibility index (Phi) is 5.10. The van der Waals surface area contributed by atoms with E-state index in [0.29, 0.717) is 13.1 Å². The molecule has 1 aromatic rings. The van der Waals surface area contributed by atoms with E-state index < -0.39 is 0 Å². The van der Waals surface area contributed by atoms with Crippen molar-refractivity contribution >= 4 is 44.4 Å². The number of nitrogens with zero attached hydrogens (tertiary/aromatic N) is 2. The largest absolute Gasteiger partial charge is 0.390 e. The molecule has 0 saturated carbocycles. The van der Waals surface area contributed by atoms with E-state index in [-0.39, 0.29) is 6.61 Å². The molecule has 7 heteroatoms. The van der Waals surface area contributed by atoms with E-state index in [2.05, 4.69) is 43.1 Å². The van der Waals surface area contributed by atoms with Gasteiger partial charge in [-0.15, -0.1) is 0 Å². The first-order valence-electron chi connectivity index (χ1n) is 3.49. The van der Waals surface area contributed by atoms with Gasteiger partial charge in [0.1, 0.15) is 5.69 Å². The molecular formula is C6H9BrIN2O2P. The van der Waals surface area contributed by atoms with Crippen molar-refractivity contribution in [3.8, 4) is 0 Å². The predicted molar refractivity (Wildman–Crippen MR) is 64.0 cm³/mol. The Morgan fingerprint density at radius 1 is 1.77 bits per heavy atom. The average Bonchev–Trinajstić information content (AvgIpc) is 2.38. The molecule has 1 N–H and O–H groups in total. The first-order chi connectivity index (χ1) is 6.20. The Labute approximate surface area is 99.5 Å². The predicted octanol–water partition coefficient (Wildman–Crippen LogP) is 2.14. The number of aliphatic hydroxyl groups is 1. The molecule has 0 spiro atoms. The summed E-state index contributed by atoms with van der Waals surface area (Å²) in [4.78, 5) is 0. The average molecular weight is 379 g/mol. The summed E-state index contributed by atoms with van der Waals surface area (Å²) < 4.78 is 7.73. The summed E-state index contributed by atoms with van der Waals surface area (Å²) in [6.45, 7) is 0.888. The second-order valence-electron chi connectivity index (χ2n) is 2.35. The van der Waals surface area contributed by atoms with Crippen LogP contribution in [0.1, 0.15) is 11.4 Å². The molecule has 0 fully saturated rings. The molecule has 1 unspecified atom stereocenters. The molecule has 0 amide bonds. The van der Waals surface area contributed by atoms with Crippen molar-refractivity contribution in [3.63, 3.8) is 0 Å². The molecule has 0 aliphatic rings. The van der Waals surface area contributed by atoms with Crippen molar-refractivity contribution in [1.29, 1.82) is 0 Å². The fourth-order valence-electron chi connectivity index (χ4n) is 0.954. The number of rotatable bonds is 4. The SMILES string of the molecule is Cn1nc(COPI)c(Br)c1CO. The fraction of sp³-hybridized carbons (Fsp3) is 0.500. The van der Waals surface area contributed by atoms with Gasteiger partial charge in [0.2, 0.25) is 0 Å². The quantitative estimate of drug-likeness (QED) is 0.645. The molecule has 0 aromatic carbocycles. The summed E-state index contributed by atoms with van der Waals surface area (Å²) in [5, 5.41) is 13.2. The highest BCUT2D eigenvalue weighted by molar-refractivity contribution is 14.2. The van der Waals surface area contributed by atoms with E-state index in [1.54, 1.807) is 11.7 Å². The second-order valence-corrected chi connectivity index (χ2v) is 4.91. The zero-order valence-corrected chi connectivity index (χ0v) is 11.7. The van der Waals surface area contributed by atoms with E-state index in [1.165, 1.54) is 0 Å². The number of aliphatic hydroxyl groups excluding tert-OH is 1. The maximum absolute atomic E-state index is 9.01. The smallest absolute Gasteiger partial charge is 0.103 e. The van der Waals surface area contributed by atoms with Crippen LogP contribution in [0.5, 0.6) is 0 Å². The number of halogens is 2. The fourth-order valence-corrected chi connectivity index (χ4v) is 2.19. The molecule has 74 valence electrons. The van der Waals surface area contributed by atoms with Gasteiger partial charge in [-0.05, 0) is 38.0 Å². The van der Waals surface area contributed by atoms with Crippen molar-refractivity contribution in [1.82, 2.24) is 9.78 Å². The Bertz CT molecular complexity index is 294. The topological polar surface area (TPSA) is 47.3 Å². The molecule has 0 saturated heterocycles. The zero-order valence-electron chi connectivity index (χ0n) is 6.92. The van der Waals surface area contributed by atoms with E-state index in [9.17, 15) is 0 Å². The number of aromatic nitrogens is 2. The van der Waals surface area contributed by atoms with Crippen molar-refractivity contribution in [3.05, 3.63) is 15.9 Å². The van der Waals surface area contributed by atoms with Crippen LogP contribution in [0.25, 0.3) is 0 Å². The molecule has 0 radical (unpaired) electrons. The minimum atomic E-state index is -0.0173. The minimum Gasteiger partial charge on any atom is -0.390 e. The normalized spacial score (nSPS) is 11.7. The lowest BCUT2D eigenvalue weighted by Crippen LogP contribution is -1.97. The lowest BCUT2D eigenvalue weighted by Gasteiger charge is -1.96. The van der Waals surface area contributed by atoms with Gasteiger partial charge in [-0.1, -0.05) is 0 Å². The van der Waals surface area contributed by atoms with Crippen LogP contribution < -0.4 is 0 Å². The summed E-state index contributed by atoms with van der Waals surface area (Å²) in [5.41, 5.74) is 1.60. The molecule has 0 bridgehead atoms. The summed E-state index contributed by atoms with van der Waals surface area (Å²) in [6.07, 6.45) is 0. The summed E-state index contributed by atoms with van der Waals surface area (Å²) in [6, 6.07) is 0. The van der Waals surface area contributed by atoms with E-state index in [0.717, 1.165) is 15.9 Å². The molecule has 4 nitrogen and oxygen atoms in total. The Morgan fingerprint density at radius 2 is 2.46 bits per heavy atom. The first-order valence-corrected chi connectivity index (χ1v) is 8.30. The van der Waals surface area contributed by atoms with Crippen LogP contribution >= 0.6 is 44.4 Å². The Morgan fingerprint density at radius 3 is 2.92 bits per heavy atom. The third-order valence-electron chi connectivity index (χ3n) is 1.58. The number of hydrogen-bond acceptors (Lipinski definition) is 3. The molecule has 1 atom stereocenters. The van der Waals surface area contributed by atoms with Crippen molar-refractivity contribution in [2.75, 3.05) is 0 Å². The van der Waals surface area contributed by atoms with Crippen LogP contribution in [0.4, 0.5) is 0 Å². The Hall–Kier alpha value is 0.770. The summed E-state index contributed by atoms with van der Waals surface area (Å²) in [5.74, 6) is 0. The molecule has 13 heavy (non-hydrogen) atoms. The Balaban J connectivity index is 2.83. The van der Waals surface area contributed by atoms with Gasteiger partial charge < -0.3 is 9.63 Å². The van der Waals surface area contributed by atoms with Gasteiger partial charge in [-0.2, -0.15) is 5.10 Å². The monoisotopic (exact) mass is 378 g/mol. The van der Waals surface area contributed by atoms with Crippen LogP contribution in [-0.4, -0.2) is 14.9 Å². The maximum atomic E-state index is 9.01. The minimum absolute atomic E-state index is 0.0173. The van der Waals surface area contributed by atoms with Gasteiger partial charge in [0.25, 0.3) is 0 Å². The van der Waals surface area contributed by atoms with Crippen LogP contribution in [0.15, 0.2) is 4.47 Å². The van der Waals surface area contributed by atoms with Crippen molar-refractivity contribution < 1.29 is 9.63 Å². The maximum Gasteiger partial charge on any atom is 0.103 e. The van der Waals surface area contributed by atoms with Crippen molar-refractivity contribution in [2.45, 2.75) is 13.2 Å². The van der Waals surface area contributed by atoms with Crippen LogP contribution in [0.3, 0.4) is 0 Å². The number of hydrogen-bond donors (Lipinski definition) is 1. The highest BCUT2D eigenvalue weighted by atomic mass is 127. The number of aryl methyl sites for hydroxylation is 1. The summed E-state index contributed by atoms with van der Waals surface area (Å²) in [7, 11) is 1.80. The van der Waals surface area contributed by atoms with E-state index >= 15 is 0 Å². The van der Waals surface area contributed by atoms with Crippen LogP contribution in [-0.2, 0) is 24.8 Å². The van der Waals surface area contributed by atoms with Gasteiger partial charge in [0, 0.05) is 7.05 Å². The molecule has 1 aromatic heterocycles. The molecule has 1 heterocycles. The van der Waals surface area contributed by atoms with Crippen molar-refractivity contribution in [2.24, 2.45) is 7.05 Å². The zero-order chi connectivity index (χ0) is 9.84. The highest BCUT2D eigenvalue weighted by Crippen LogP contribution is 2.27. The van der Waals surface area contributed by atoms with Gasteiger partial charge >= 0.3 is 0 Å². The third kappa shape index (κ3) is 2.86. The standard InChI is InChI=1S/C6H9BrIN2O2P/c1-10-5(2-11)6(7)4(9-10)3-12-13-8/h11,13H,2-3H2,1H3. The van der Waals surface area contributed by atoms with E-state index in [4.69, 9.17) is 9.63 Å². The lowest BCUT2D eigenvalue weighted by atomic mass is 10.4. The van der Waals surface area contributed by atoms with Crippen LogP contribution in [0.2, 0.25) is 0 Å². The first kappa shape index (κ1) is 11.8. The van der Waals surface area contributed by atoms with Gasteiger partial charge in [0.15, 0.2) is 0 Å².